The lowest BCUT2D eigenvalue weighted by Gasteiger charge is -2.08. The second-order valence-corrected chi connectivity index (χ2v) is 4.92. The molecule has 3 nitrogen and oxygen atoms in total. The van der Waals surface area contributed by atoms with Crippen LogP contribution in [0.1, 0.15) is 6.42 Å². The summed E-state index contributed by atoms with van der Waals surface area (Å²) in [7, 11) is 1.71. The van der Waals surface area contributed by atoms with Crippen molar-refractivity contribution in [2.45, 2.75) is 13.0 Å². The summed E-state index contributed by atoms with van der Waals surface area (Å²) in [6.07, 6.45) is 3.07. The average Bonchev–Trinajstić information content (AvgIpc) is 2.96. The van der Waals surface area contributed by atoms with Crippen LogP contribution in [-0.2, 0) is 6.54 Å². The SMILES string of the molecule is COc1cccc2c1ccn2CCCOc1ccccc1. The van der Waals surface area contributed by atoms with Crippen molar-refractivity contribution in [3.8, 4) is 11.5 Å². The highest BCUT2D eigenvalue weighted by molar-refractivity contribution is 5.86. The van der Waals surface area contributed by atoms with E-state index in [0.717, 1.165) is 29.9 Å². The van der Waals surface area contributed by atoms with Crippen molar-refractivity contribution in [1.29, 1.82) is 0 Å². The Labute approximate surface area is 124 Å². The van der Waals surface area contributed by atoms with Gasteiger partial charge in [0.1, 0.15) is 11.5 Å². The van der Waals surface area contributed by atoms with Crippen LogP contribution in [0.25, 0.3) is 10.9 Å². The van der Waals surface area contributed by atoms with Crippen LogP contribution in [0.5, 0.6) is 11.5 Å². The monoisotopic (exact) mass is 281 g/mol. The Balaban J connectivity index is 1.61. The molecule has 2 aromatic carbocycles. The van der Waals surface area contributed by atoms with E-state index < -0.39 is 0 Å². The predicted molar refractivity (Wildman–Crippen MR) is 85.0 cm³/mol. The maximum atomic E-state index is 5.72. The molecule has 21 heavy (non-hydrogen) atoms. The zero-order valence-electron chi connectivity index (χ0n) is 12.2. The van der Waals surface area contributed by atoms with Gasteiger partial charge >= 0.3 is 0 Å². The molecule has 0 unspecified atom stereocenters. The molecule has 3 rings (SSSR count). The molecule has 0 radical (unpaired) electrons. The fourth-order valence-electron chi connectivity index (χ4n) is 2.51. The first-order valence-electron chi connectivity index (χ1n) is 7.18. The Morgan fingerprint density at radius 3 is 2.62 bits per heavy atom. The van der Waals surface area contributed by atoms with Crippen LogP contribution >= 0.6 is 0 Å². The van der Waals surface area contributed by atoms with E-state index >= 15 is 0 Å². The number of rotatable bonds is 6. The Morgan fingerprint density at radius 2 is 1.81 bits per heavy atom. The number of hydrogen-bond acceptors (Lipinski definition) is 2. The predicted octanol–water partition coefficient (Wildman–Crippen LogP) is 4.12. The molecule has 0 aliphatic heterocycles. The first-order chi connectivity index (χ1) is 10.4. The molecule has 1 heterocycles. The quantitative estimate of drug-likeness (QED) is 0.634. The first-order valence-corrected chi connectivity index (χ1v) is 7.18. The summed E-state index contributed by atoms with van der Waals surface area (Å²) >= 11 is 0. The van der Waals surface area contributed by atoms with E-state index in [0.29, 0.717) is 6.61 Å². The minimum atomic E-state index is 0.716. The summed E-state index contributed by atoms with van der Waals surface area (Å²) in [5, 5.41) is 1.16. The Kier molecular flexibility index (Phi) is 4.10. The molecule has 0 aliphatic rings. The van der Waals surface area contributed by atoms with Crippen molar-refractivity contribution in [2.24, 2.45) is 0 Å². The van der Waals surface area contributed by atoms with E-state index in [4.69, 9.17) is 9.47 Å². The van der Waals surface area contributed by atoms with Gasteiger partial charge in [-0.25, -0.2) is 0 Å². The Hall–Kier alpha value is -2.42. The number of nitrogens with zero attached hydrogens (tertiary/aromatic N) is 1. The van der Waals surface area contributed by atoms with E-state index in [-0.39, 0.29) is 0 Å². The number of fused-ring (bicyclic) bond motifs is 1. The van der Waals surface area contributed by atoms with Crippen LogP contribution in [0, 0.1) is 0 Å². The van der Waals surface area contributed by atoms with Gasteiger partial charge in [0.05, 0.1) is 19.2 Å². The van der Waals surface area contributed by atoms with E-state index in [1.807, 2.05) is 42.5 Å². The third kappa shape index (κ3) is 3.02. The number of ether oxygens (including phenoxy) is 2. The third-order valence-electron chi connectivity index (χ3n) is 3.55. The van der Waals surface area contributed by atoms with Gasteiger partial charge in [0, 0.05) is 18.1 Å². The Morgan fingerprint density at radius 1 is 0.952 bits per heavy atom. The molecule has 0 fully saturated rings. The molecule has 0 spiro atoms. The molecule has 0 saturated heterocycles. The average molecular weight is 281 g/mol. The zero-order valence-corrected chi connectivity index (χ0v) is 12.2. The highest BCUT2D eigenvalue weighted by Gasteiger charge is 2.05. The van der Waals surface area contributed by atoms with Crippen molar-refractivity contribution < 1.29 is 9.47 Å². The van der Waals surface area contributed by atoms with Crippen molar-refractivity contribution in [1.82, 2.24) is 4.57 Å². The molecule has 3 aromatic rings. The molecule has 0 bridgehead atoms. The van der Waals surface area contributed by atoms with Crippen molar-refractivity contribution >= 4 is 10.9 Å². The van der Waals surface area contributed by atoms with E-state index in [9.17, 15) is 0 Å². The van der Waals surface area contributed by atoms with Gasteiger partial charge in [-0.2, -0.15) is 0 Å². The summed E-state index contributed by atoms with van der Waals surface area (Å²) in [6, 6.07) is 18.2. The molecular formula is C18H19NO2. The fourth-order valence-corrected chi connectivity index (χ4v) is 2.51. The minimum absolute atomic E-state index is 0.716. The topological polar surface area (TPSA) is 23.4 Å². The van der Waals surface area contributed by atoms with Crippen LogP contribution in [-0.4, -0.2) is 18.3 Å². The van der Waals surface area contributed by atoms with Gasteiger partial charge < -0.3 is 14.0 Å². The minimum Gasteiger partial charge on any atom is -0.496 e. The van der Waals surface area contributed by atoms with Crippen LogP contribution < -0.4 is 9.47 Å². The lowest BCUT2D eigenvalue weighted by molar-refractivity contribution is 0.302. The van der Waals surface area contributed by atoms with E-state index in [1.165, 1.54) is 5.52 Å². The summed E-state index contributed by atoms with van der Waals surface area (Å²) < 4.78 is 13.4. The second-order valence-electron chi connectivity index (χ2n) is 4.92. The van der Waals surface area contributed by atoms with E-state index in [1.54, 1.807) is 7.11 Å². The molecular weight excluding hydrogens is 262 g/mol. The summed E-state index contributed by atoms with van der Waals surface area (Å²) in [6.45, 7) is 1.65. The number of aromatic nitrogens is 1. The molecule has 108 valence electrons. The fraction of sp³-hybridized carbons (Fsp3) is 0.222. The number of benzene rings is 2. The van der Waals surface area contributed by atoms with Crippen LogP contribution in [0.15, 0.2) is 60.8 Å². The molecule has 0 saturated carbocycles. The summed E-state index contributed by atoms with van der Waals surface area (Å²) in [4.78, 5) is 0. The number of hydrogen-bond donors (Lipinski definition) is 0. The van der Waals surface area contributed by atoms with Crippen LogP contribution in [0.4, 0.5) is 0 Å². The normalized spacial score (nSPS) is 10.7. The third-order valence-corrected chi connectivity index (χ3v) is 3.55. The maximum absolute atomic E-state index is 5.72. The van der Waals surface area contributed by atoms with Gasteiger partial charge in [0.15, 0.2) is 0 Å². The Bertz CT molecular complexity index is 704. The highest BCUT2D eigenvalue weighted by Crippen LogP contribution is 2.26. The maximum Gasteiger partial charge on any atom is 0.128 e. The number of para-hydroxylation sites is 1. The van der Waals surface area contributed by atoms with Gasteiger partial charge in [-0.1, -0.05) is 24.3 Å². The summed E-state index contributed by atoms with van der Waals surface area (Å²) in [5.74, 6) is 1.85. The lowest BCUT2D eigenvalue weighted by Crippen LogP contribution is -2.03. The van der Waals surface area contributed by atoms with Crippen LogP contribution in [0.3, 0.4) is 0 Å². The van der Waals surface area contributed by atoms with Gasteiger partial charge in [0.25, 0.3) is 0 Å². The smallest absolute Gasteiger partial charge is 0.128 e. The van der Waals surface area contributed by atoms with E-state index in [2.05, 4.69) is 22.9 Å². The molecule has 0 N–H and O–H groups in total. The van der Waals surface area contributed by atoms with Gasteiger partial charge in [-0.05, 0) is 36.8 Å². The zero-order chi connectivity index (χ0) is 14.5. The summed E-state index contributed by atoms with van der Waals surface area (Å²) in [5.41, 5.74) is 1.20. The van der Waals surface area contributed by atoms with Gasteiger partial charge in [0.2, 0.25) is 0 Å². The largest absolute Gasteiger partial charge is 0.496 e. The van der Waals surface area contributed by atoms with Crippen LogP contribution in [0.2, 0.25) is 0 Å². The van der Waals surface area contributed by atoms with Gasteiger partial charge in [-0.15, -0.1) is 0 Å². The van der Waals surface area contributed by atoms with Gasteiger partial charge in [-0.3, -0.25) is 0 Å². The van der Waals surface area contributed by atoms with Crippen molar-refractivity contribution in [3.63, 3.8) is 0 Å². The molecule has 1 aromatic heterocycles. The second kappa shape index (κ2) is 6.35. The number of aryl methyl sites for hydroxylation is 1. The number of methoxy groups -OCH3 is 1. The first kappa shape index (κ1) is 13.6. The van der Waals surface area contributed by atoms with Crippen molar-refractivity contribution in [2.75, 3.05) is 13.7 Å². The lowest BCUT2D eigenvalue weighted by atomic mass is 10.2. The standard InChI is InChI=1S/C18H19NO2/c1-20-18-10-5-9-17-16(18)11-13-19(17)12-6-14-21-15-7-3-2-4-8-15/h2-5,7-11,13H,6,12,14H2,1H3. The molecule has 3 heteroatoms. The molecule has 0 amide bonds. The highest BCUT2D eigenvalue weighted by atomic mass is 16.5. The molecule has 0 atom stereocenters. The van der Waals surface area contributed by atoms with Crippen molar-refractivity contribution in [3.05, 3.63) is 60.8 Å². The molecule has 0 aliphatic carbocycles.